The first-order valence-corrected chi connectivity index (χ1v) is 11.3. The first kappa shape index (κ1) is 24.0. The Labute approximate surface area is 202 Å². The summed E-state index contributed by atoms with van der Waals surface area (Å²) in [4.78, 5) is 13.2. The fourth-order valence-electron chi connectivity index (χ4n) is 3.74. The number of rotatable bonds is 7. The third-order valence-corrected chi connectivity index (χ3v) is 6.05. The summed E-state index contributed by atoms with van der Waals surface area (Å²) in [5.41, 5.74) is 3.92. The number of nitrogens with zero attached hydrogens (tertiary/aromatic N) is 3. The summed E-state index contributed by atoms with van der Waals surface area (Å²) in [6, 6.07) is 10.6. The first-order valence-electron chi connectivity index (χ1n) is 10.9. The number of hydrogen-bond acceptors (Lipinski definition) is 6. The van der Waals surface area contributed by atoms with Crippen molar-refractivity contribution in [3.05, 3.63) is 82.3 Å². The lowest BCUT2D eigenvalue weighted by atomic mass is 10.0. The molecule has 0 saturated carbocycles. The molecule has 0 unspecified atom stereocenters. The zero-order valence-electron chi connectivity index (χ0n) is 19.2. The number of anilines is 1. The Morgan fingerprint density at radius 2 is 1.79 bits per heavy atom. The van der Waals surface area contributed by atoms with Gasteiger partial charge in [-0.15, -0.1) is 0 Å². The number of hydrogen-bond donors (Lipinski definition) is 3. The molecular weight excluding hydrogens is 455 g/mol. The van der Waals surface area contributed by atoms with Gasteiger partial charge in [-0.3, -0.25) is 4.98 Å². The number of aryl methyl sites for hydroxylation is 1. The smallest absolute Gasteiger partial charge is 0.159 e. The lowest BCUT2D eigenvalue weighted by Crippen LogP contribution is -2.19. The predicted molar refractivity (Wildman–Crippen MR) is 132 cm³/mol. The van der Waals surface area contributed by atoms with Gasteiger partial charge in [0.25, 0.3) is 0 Å². The maximum absolute atomic E-state index is 14.4. The van der Waals surface area contributed by atoms with Crippen molar-refractivity contribution in [3.8, 4) is 11.1 Å². The van der Waals surface area contributed by atoms with E-state index in [4.69, 9.17) is 11.6 Å². The molecule has 4 rings (SSSR count). The molecule has 8 heteroatoms. The largest absolute Gasteiger partial charge is 0.396 e. The van der Waals surface area contributed by atoms with Crippen LogP contribution < -0.4 is 5.32 Å². The fourth-order valence-corrected chi connectivity index (χ4v) is 3.95. The Morgan fingerprint density at radius 1 is 1.06 bits per heavy atom. The molecule has 0 radical (unpaired) electrons. The van der Waals surface area contributed by atoms with Gasteiger partial charge in [0, 0.05) is 42.1 Å². The Balaban J connectivity index is 1.72. The van der Waals surface area contributed by atoms with E-state index in [1.54, 1.807) is 38.4 Å². The van der Waals surface area contributed by atoms with Crippen LogP contribution >= 0.6 is 11.6 Å². The standard InChI is InChI=1S/C26H26ClFN4O2/c1-15-23(27)24(29-12-18-10-16(8-9-33)4-6-21(18)28)20-11-17(5-7-22(20)32-15)19-13-30-25(31-14-19)26(2,3)34/h4-7,10-11,13-14,33-34H,8-9,12H2,1-3H3,(H,29,32). The molecular formula is C26H26ClFN4O2. The van der Waals surface area contributed by atoms with Crippen LogP contribution in [0.4, 0.5) is 10.1 Å². The van der Waals surface area contributed by atoms with E-state index >= 15 is 0 Å². The molecule has 0 atom stereocenters. The summed E-state index contributed by atoms with van der Waals surface area (Å²) < 4.78 is 14.4. The van der Waals surface area contributed by atoms with Gasteiger partial charge in [-0.05, 0) is 56.5 Å². The van der Waals surface area contributed by atoms with Crippen LogP contribution in [0.1, 0.15) is 36.5 Å². The van der Waals surface area contributed by atoms with Gasteiger partial charge in [0.2, 0.25) is 0 Å². The highest BCUT2D eigenvalue weighted by Gasteiger charge is 2.19. The van der Waals surface area contributed by atoms with Crippen LogP contribution in [0.5, 0.6) is 0 Å². The van der Waals surface area contributed by atoms with E-state index in [0.717, 1.165) is 27.6 Å². The molecule has 176 valence electrons. The number of benzene rings is 2. The molecule has 6 nitrogen and oxygen atoms in total. The molecule has 2 aromatic heterocycles. The van der Waals surface area contributed by atoms with Gasteiger partial charge in [-0.1, -0.05) is 29.8 Å². The molecule has 0 aliphatic rings. The molecule has 2 aromatic carbocycles. The normalized spacial score (nSPS) is 11.7. The summed E-state index contributed by atoms with van der Waals surface area (Å²) in [6.07, 6.45) is 3.79. The van der Waals surface area contributed by atoms with Gasteiger partial charge < -0.3 is 15.5 Å². The van der Waals surface area contributed by atoms with Crippen molar-refractivity contribution >= 4 is 28.2 Å². The van der Waals surface area contributed by atoms with Crippen LogP contribution in [0.15, 0.2) is 48.8 Å². The van der Waals surface area contributed by atoms with Gasteiger partial charge in [-0.25, -0.2) is 14.4 Å². The summed E-state index contributed by atoms with van der Waals surface area (Å²) in [5.74, 6) is 0.00955. The van der Waals surface area contributed by atoms with Crippen molar-refractivity contribution in [1.82, 2.24) is 15.0 Å². The molecule has 0 aliphatic carbocycles. The highest BCUT2D eigenvalue weighted by Crippen LogP contribution is 2.35. The highest BCUT2D eigenvalue weighted by molar-refractivity contribution is 6.35. The van der Waals surface area contributed by atoms with Crippen LogP contribution in [0, 0.1) is 12.7 Å². The minimum atomic E-state index is -1.13. The van der Waals surface area contributed by atoms with Crippen molar-refractivity contribution in [1.29, 1.82) is 0 Å². The van der Waals surface area contributed by atoms with Crippen molar-refractivity contribution in [2.75, 3.05) is 11.9 Å². The monoisotopic (exact) mass is 480 g/mol. The van der Waals surface area contributed by atoms with Gasteiger partial charge in [0.15, 0.2) is 5.82 Å². The second-order valence-electron chi connectivity index (χ2n) is 8.73. The van der Waals surface area contributed by atoms with E-state index < -0.39 is 5.60 Å². The van der Waals surface area contributed by atoms with E-state index in [2.05, 4.69) is 20.3 Å². The van der Waals surface area contributed by atoms with E-state index in [1.165, 1.54) is 6.07 Å². The molecule has 4 aromatic rings. The Kier molecular flexibility index (Phi) is 6.79. The summed E-state index contributed by atoms with van der Waals surface area (Å²) in [5, 5.41) is 23.8. The van der Waals surface area contributed by atoms with Gasteiger partial charge in [0.1, 0.15) is 11.4 Å². The number of aromatic nitrogens is 3. The minimum Gasteiger partial charge on any atom is -0.396 e. The maximum Gasteiger partial charge on any atom is 0.159 e. The Morgan fingerprint density at radius 3 is 2.47 bits per heavy atom. The summed E-state index contributed by atoms with van der Waals surface area (Å²) in [6.45, 7) is 5.31. The van der Waals surface area contributed by atoms with Crippen LogP contribution in [0.25, 0.3) is 22.0 Å². The summed E-state index contributed by atoms with van der Waals surface area (Å²) in [7, 11) is 0. The molecule has 0 spiro atoms. The number of fused-ring (bicyclic) bond motifs is 1. The molecule has 0 amide bonds. The van der Waals surface area contributed by atoms with Crippen LogP contribution in [-0.4, -0.2) is 31.8 Å². The van der Waals surface area contributed by atoms with Crippen molar-refractivity contribution < 1.29 is 14.6 Å². The average molecular weight is 481 g/mol. The van der Waals surface area contributed by atoms with Crippen LogP contribution in [0.3, 0.4) is 0 Å². The molecule has 0 saturated heterocycles. The number of aliphatic hydroxyl groups is 2. The van der Waals surface area contributed by atoms with Crippen molar-refractivity contribution in [3.63, 3.8) is 0 Å². The Bertz CT molecular complexity index is 1340. The fraction of sp³-hybridized carbons (Fsp3) is 0.269. The third-order valence-electron chi connectivity index (χ3n) is 5.59. The molecule has 3 N–H and O–H groups in total. The number of pyridine rings is 1. The zero-order valence-corrected chi connectivity index (χ0v) is 20.0. The lowest BCUT2D eigenvalue weighted by molar-refractivity contribution is 0.0687. The second kappa shape index (κ2) is 9.62. The quantitative estimate of drug-likeness (QED) is 0.338. The van der Waals surface area contributed by atoms with Crippen molar-refractivity contribution in [2.24, 2.45) is 0 Å². The van der Waals surface area contributed by atoms with E-state index in [0.29, 0.717) is 34.2 Å². The number of nitrogens with one attached hydrogen (secondary N) is 1. The van der Waals surface area contributed by atoms with E-state index in [-0.39, 0.29) is 19.0 Å². The Hall–Kier alpha value is -3.13. The minimum absolute atomic E-state index is 0.00177. The van der Waals surface area contributed by atoms with Gasteiger partial charge in [0.05, 0.1) is 21.9 Å². The van der Waals surface area contributed by atoms with Gasteiger partial charge >= 0.3 is 0 Å². The van der Waals surface area contributed by atoms with Crippen LogP contribution in [0.2, 0.25) is 5.02 Å². The van der Waals surface area contributed by atoms with E-state index in [1.807, 2.05) is 25.1 Å². The maximum atomic E-state index is 14.4. The molecule has 0 aliphatic heterocycles. The van der Waals surface area contributed by atoms with E-state index in [9.17, 15) is 14.6 Å². The molecule has 34 heavy (non-hydrogen) atoms. The van der Waals surface area contributed by atoms with Crippen LogP contribution in [-0.2, 0) is 18.6 Å². The van der Waals surface area contributed by atoms with Gasteiger partial charge in [-0.2, -0.15) is 0 Å². The molecule has 0 bridgehead atoms. The molecule has 2 heterocycles. The number of aliphatic hydroxyl groups excluding tert-OH is 1. The predicted octanol–water partition coefficient (Wildman–Crippen LogP) is 5.17. The van der Waals surface area contributed by atoms with Crippen molar-refractivity contribution in [2.45, 2.75) is 39.3 Å². The third kappa shape index (κ3) is 5.01. The lowest BCUT2D eigenvalue weighted by Gasteiger charge is -2.16. The first-order chi connectivity index (χ1) is 16.2. The highest BCUT2D eigenvalue weighted by atomic mass is 35.5. The topological polar surface area (TPSA) is 91.2 Å². The number of halogens is 2. The average Bonchev–Trinajstić information content (AvgIpc) is 2.81. The zero-order chi connectivity index (χ0) is 24.5. The molecule has 0 fully saturated rings. The SMILES string of the molecule is Cc1nc2ccc(-c3cnc(C(C)(C)O)nc3)cc2c(NCc2cc(CCO)ccc2F)c1Cl. The summed E-state index contributed by atoms with van der Waals surface area (Å²) >= 11 is 6.62. The second-order valence-corrected chi connectivity index (χ2v) is 9.10.